The van der Waals surface area contributed by atoms with Crippen LogP contribution in [-0.4, -0.2) is 41.5 Å². The summed E-state index contributed by atoms with van der Waals surface area (Å²) in [5.74, 6) is 0.00722. The topological polar surface area (TPSA) is 110 Å². The molecule has 4 aromatic rings. The minimum atomic E-state index is -1.04. The second-order valence-corrected chi connectivity index (χ2v) is 10.3. The van der Waals surface area contributed by atoms with Gasteiger partial charge in [0.2, 0.25) is 0 Å². The molecule has 3 N–H and O–H groups in total. The molecule has 7 nitrogen and oxygen atoms in total. The number of carboxylic acids is 1. The summed E-state index contributed by atoms with van der Waals surface area (Å²) in [5, 5.41) is 11.3. The van der Waals surface area contributed by atoms with Crippen molar-refractivity contribution in [3.63, 3.8) is 0 Å². The quantitative estimate of drug-likeness (QED) is 0.258. The minimum absolute atomic E-state index is 0.0903. The standard InChI is InChI=1S/C19H25ClN2O2.C9H5ClO3/c1-2-3-6-22-7-4-13(5-8-22)9-16-11-14-10-15(20)12-17(19(21)23)18(14)24-16;10-6-3-5-1-2-13-8(5)7(4-6)9(11)12/h10-13H,2-9H2,1H3,(H2,21,23);1-4H,(H,11,12). The molecule has 0 atom stereocenters. The molecular formula is C28H30Cl2N2O5. The number of likely N-dealkylation sites (tertiary alicyclic amines) is 1. The summed E-state index contributed by atoms with van der Waals surface area (Å²) in [6, 6.07) is 10.1. The number of benzene rings is 2. The first-order chi connectivity index (χ1) is 17.7. The largest absolute Gasteiger partial charge is 0.478 e. The molecular weight excluding hydrogens is 515 g/mol. The number of nitrogens with two attached hydrogens (primary N) is 1. The minimum Gasteiger partial charge on any atom is -0.478 e. The first-order valence-corrected chi connectivity index (χ1v) is 13.1. The maximum absolute atomic E-state index is 11.6. The number of carboxylic acid groups (broad SMARTS) is 1. The molecule has 1 aliphatic rings. The van der Waals surface area contributed by atoms with E-state index in [2.05, 4.69) is 11.8 Å². The maximum atomic E-state index is 11.6. The van der Waals surface area contributed by atoms with E-state index < -0.39 is 11.9 Å². The highest BCUT2D eigenvalue weighted by atomic mass is 35.5. The SMILES string of the molecule is CCCCN1CCC(Cc2cc3cc(Cl)cc(C(N)=O)c3o2)CC1.O=C(O)c1cc(Cl)cc2ccoc12. The van der Waals surface area contributed by atoms with Crippen LogP contribution in [0.1, 0.15) is 59.1 Å². The summed E-state index contributed by atoms with van der Waals surface area (Å²) >= 11 is 11.8. The number of primary amides is 1. The van der Waals surface area contributed by atoms with Crippen molar-refractivity contribution in [3.8, 4) is 0 Å². The van der Waals surface area contributed by atoms with E-state index in [4.69, 9.17) is 42.9 Å². The second-order valence-electron chi connectivity index (χ2n) is 9.39. The van der Waals surface area contributed by atoms with Gasteiger partial charge in [-0.25, -0.2) is 4.79 Å². The normalized spacial score (nSPS) is 14.6. The smallest absolute Gasteiger partial charge is 0.339 e. The first kappa shape index (κ1) is 27.0. The third-order valence-electron chi connectivity index (χ3n) is 6.67. The van der Waals surface area contributed by atoms with Gasteiger partial charge in [0, 0.05) is 27.2 Å². The lowest BCUT2D eigenvalue weighted by Crippen LogP contribution is -2.34. The lowest BCUT2D eigenvalue weighted by molar-refractivity contribution is 0.0697. The number of nitrogens with zero attached hydrogens (tertiary/aromatic N) is 1. The molecule has 1 amide bonds. The van der Waals surface area contributed by atoms with Crippen LogP contribution < -0.4 is 5.73 Å². The Morgan fingerprint density at radius 2 is 1.70 bits per heavy atom. The highest BCUT2D eigenvalue weighted by Crippen LogP contribution is 2.30. The zero-order chi connectivity index (χ0) is 26.5. The summed E-state index contributed by atoms with van der Waals surface area (Å²) in [6.45, 7) is 5.79. The molecule has 0 spiro atoms. The summed E-state index contributed by atoms with van der Waals surface area (Å²) in [7, 11) is 0. The van der Waals surface area contributed by atoms with E-state index in [0.717, 1.165) is 17.6 Å². The van der Waals surface area contributed by atoms with Crippen molar-refractivity contribution in [2.75, 3.05) is 19.6 Å². The van der Waals surface area contributed by atoms with Gasteiger partial charge in [-0.15, -0.1) is 0 Å². The Balaban J connectivity index is 0.000000207. The number of carbonyl (C=O) groups excluding carboxylic acids is 1. The van der Waals surface area contributed by atoms with Crippen molar-refractivity contribution >= 4 is 57.0 Å². The van der Waals surface area contributed by atoms with Crippen LogP contribution in [0, 0.1) is 5.92 Å². The Kier molecular flexibility index (Phi) is 8.79. The van der Waals surface area contributed by atoms with Crippen LogP contribution in [0.2, 0.25) is 10.0 Å². The number of carbonyl (C=O) groups is 2. The van der Waals surface area contributed by atoms with Gasteiger partial charge in [-0.1, -0.05) is 36.5 Å². The fraction of sp³-hybridized carbons (Fsp3) is 0.357. The van der Waals surface area contributed by atoms with E-state index in [9.17, 15) is 9.59 Å². The molecule has 5 rings (SSSR count). The van der Waals surface area contributed by atoms with Gasteiger partial charge in [-0.2, -0.15) is 0 Å². The van der Waals surface area contributed by atoms with Gasteiger partial charge in [0.15, 0.2) is 0 Å². The predicted octanol–water partition coefficient (Wildman–Crippen LogP) is 7.02. The Morgan fingerprint density at radius 1 is 1.03 bits per heavy atom. The highest BCUT2D eigenvalue weighted by molar-refractivity contribution is 6.32. The summed E-state index contributed by atoms with van der Waals surface area (Å²) in [6.07, 6.45) is 7.28. The van der Waals surface area contributed by atoms with E-state index in [0.29, 0.717) is 38.1 Å². The van der Waals surface area contributed by atoms with Gasteiger partial charge in [0.1, 0.15) is 22.5 Å². The first-order valence-electron chi connectivity index (χ1n) is 12.4. The molecule has 1 saturated heterocycles. The number of rotatable bonds is 7. The molecule has 2 aromatic carbocycles. The summed E-state index contributed by atoms with van der Waals surface area (Å²) < 4.78 is 11.0. The van der Waals surface area contributed by atoms with Crippen LogP contribution in [0.5, 0.6) is 0 Å². The molecule has 37 heavy (non-hydrogen) atoms. The van der Waals surface area contributed by atoms with Crippen molar-refractivity contribution in [2.24, 2.45) is 11.7 Å². The fourth-order valence-corrected chi connectivity index (χ4v) is 5.19. The zero-order valence-electron chi connectivity index (χ0n) is 20.6. The second kappa shape index (κ2) is 12.0. The van der Waals surface area contributed by atoms with Gasteiger partial charge in [0.25, 0.3) is 5.91 Å². The Hall–Kier alpha value is -3.00. The fourth-order valence-electron chi connectivity index (χ4n) is 4.74. The molecule has 0 saturated carbocycles. The van der Waals surface area contributed by atoms with Gasteiger partial charge in [0.05, 0.1) is 11.8 Å². The van der Waals surface area contributed by atoms with Gasteiger partial charge < -0.3 is 24.6 Å². The van der Waals surface area contributed by atoms with Crippen molar-refractivity contribution < 1.29 is 23.5 Å². The van der Waals surface area contributed by atoms with Crippen molar-refractivity contribution in [3.05, 3.63) is 69.6 Å². The molecule has 0 radical (unpaired) electrons. The number of hydrogen-bond acceptors (Lipinski definition) is 5. The van der Waals surface area contributed by atoms with Crippen LogP contribution in [-0.2, 0) is 6.42 Å². The highest BCUT2D eigenvalue weighted by Gasteiger charge is 2.21. The number of piperidine rings is 1. The van der Waals surface area contributed by atoms with E-state index in [1.807, 2.05) is 12.1 Å². The molecule has 0 bridgehead atoms. The third-order valence-corrected chi connectivity index (χ3v) is 7.11. The summed E-state index contributed by atoms with van der Waals surface area (Å²) in [5.41, 5.74) is 6.80. The van der Waals surface area contributed by atoms with Gasteiger partial charge >= 0.3 is 5.97 Å². The van der Waals surface area contributed by atoms with E-state index in [1.165, 1.54) is 57.6 Å². The molecule has 1 fully saturated rings. The Morgan fingerprint density at radius 3 is 2.35 bits per heavy atom. The van der Waals surface area contributed by atoms with Crippen LogP contribution in [0.15, 0.2) is 51.5 Å². The number of furan rings is 2. The molecule has 1 aliphatic heterocycles. The average molecular weight is 545 g/mol. The number of amides is 1. The van der Waals surface area contributed by atoms with Gasteiger partial charge in [-0.05, 0) is 81.2 Å². The summed E-state index contributed by atoms with van der Waals surface area (Å²) in [4.78, 5) is 24.9. The number of halogens is 2. The Labute approximate surface area is 225 Å². The van der Waals surface area contributed by atoms with Crippen LogP contribution in [0.3, 0.4) is 0 Å². The van der Waals surface area contributed by atoms with Crippen LogP contribution >= 0.6 is 23.2 Å². The molecule has 0 unspecified atom stereocenters. The lowest BCUT2D eigenvalue weighted by atomic mass is 9.92. The third kappa shape index (κ3) is 6.66. The number of hydrogen-bond donors (Lipinski definition) is 2. The number of fused-ring (bicyclic) bond motifs is 2. The Bertz CT molecular complexity index is 1400. The van der Waals surface area contributed by atoms with Crippen LogP contribution in [0.25, 0.3) is 21.9 Å². The van der Waals surface area contributed by atoms with E-state index in [-0.39, 0.29) is 5.56 Å². The molecule has 0 aliphatic carbocycles. The average Bonchev–Trinajstić information content (AvgIpc) is 3.49. The molecule has 9 heteroatoms. The molecule has 2 aromatic heterocycles. The van der Waals surface area contributed by atoms with Crippen molar-refractivity contribution in [1.82, 2.24) is 4.90 Å². The predicted molar refractivity (Wildman–Crippen MR) is 146 cm³/mol. The number of unbranched alkanes of at least 4 members (excludes halogenated alkanes) is 1. The lowest BCUT2D eigenvalue weighted by Gasteiger charge is -2.31. The zero-order valence-corrected chi connectivity index (χ0v) is 22.1. The molecule has 196 valence electrons. The van der Waals surface area contributed by atoms with E-state index >= 15 is 0 Å². The van der Waals surface area contributed by atoms with Crippen molar-refractivity contribution in [1.29, 1.82) is 0 Å². The van der Waals surface area contributed by atoms with Crippen LogP contribution in [0.4, 0.5) is 0 Å². The maximum Gasteiger partial charge on any atom is 0.339 e. The monoisotopic (exact) mass is 544 g/mol. The van der Waals surface area contributed by atoms with Crippen molar-refractivity contribution in [2.45, 2.75) is 39.0 Å². The molecule has 3 heterocycles. The number of aromatic carboxylic acids is 1. The van der Waals surface area contributed by atoms with Gasteiger partial charge in [-0.3, -0.25) is 4.79 Å². The van der Waals surface area contributed by atoms with E-state index in [1.54, 1.807) is 18.2 Å².